The Morgan fingerprint density at radius 1 is 1.41 bits per heavy atom. The summed E-state index contributed by atoms with van der Waals surface area (Å²) in [7, 11) is 0. The maximum Gasteiger partial charge on any atom is 0.410 e. The van der Waals surface area contributed by atoms with Gasteiger partial charge in [0.2, 0.25) is 0 Å². The number of thioether (sulfide) groups is 1. The van der Waals surface area contributed by atoms with Crippen LogP contribution in [-0.4, -0.2) is 39.9 Å². The minimum absolute atomic E-state index is 0.171. The largest absolute Gasteiger partial charge is 0.444 e. The highest BCUT2D eigenvalue weighted by molar-refractivity contribution is 7.98. The Balaban J connectivity index is 1.85. The molecule has 1 unspecified atom stereocenters. The number of likely N-dealkylation sites (tertiary alicyclic amines) is 1. The molecule has 0 radical (unpaired) electrons. The van der Waals surface area contributed by atoms with E-state index in [9.17, 15) is 4.79 Å². The van der Waals surface area contributed by atoms with Gasteiger partial charge in [0.15, 0.2) is 0 Å². The topological polar surface area (TPSA) is 42.4 Å². The average molecular weight is 322 g/mol. The fraction of sp³-hybridized carbons (Fsp3) is 0.647. The summed E-state index contributed by atoms with van der Waals surface area (Å²) in [5.74, 6) is 1.83. The van der Waals surface area contributed by atoms with E-state index in [1.807, 2.05) is 61.8 Å². The Kier molecular flexibility index (Phi) is 6.12. The average Bonchev–Trinajstić information content (AvgIpc) is 2.47. The van der Waals surface area contributed by atoms with E-state index in [2.05, 4.69) is 4.98 Å². The van der Waals surface area contributed by atoms with E-state index in [1.165, 1.54) is 6.42 Å². The van der Waals surface area contributed by atoms with Crippen LogP contribution in [0.25, 0.3) is 0 Å². The van der Waals surface area contributed by atoms with Crippen molar-refractivity contribution < 1.29 is 9.53 Å². The monoisotopic (exact) mass is 322 g/mol. The summed E-state index contributed by atoms with van der Waals surface area (Å²) < 4.78 is 5.54. The summed E-state index contributed by atoms with van der Waals surface area (Å²) in [4.78, 5) is 18.6. The van der Waals surface area contributed by atoms with Crippen LogP contribution in [0.5, 0.6) is 0 Å². The number of carbonyl (C=O) groups excluding carboxylic acids is 1. The number of nitrogens with zero attached hydrogens (tertiary/aromatic N) is 2. The molecule has 0 bridgehead atoms. The van der Waals surface area contributed by atoms with Crippen molar-refractivity contribution in [1.29, 1.82) is 0 Å². The predicted octanol–water partition coefficient (Wildman–Crippen LogP) is 4.10. The van der Waals surface area contributed by atoms with Crippen LogP contribution in [0.1, 0.15) is 45.7 Å². The maximum absolute atomic E-state index is 12.3. The molecule has 4 nitrogen and oxygen atoms in total. The third-order valence-corrected chi connectivity index (χ3v) is 4.66. The zero-order valence-electron chi connectivity index (χ0n) is 13.7. The van der Waals surface area contributed by atoms with Gasteiger partial charge in [-0.15, -0.1) is 0 Å². The Labute approximate surface area is 137 Å². The molecule has 1 saturated heterocycles. The molecule has 2 rings (SSSR count). The van der Waals surface area contributed by atoms with E-state index < -0.39 is 5.60 Å². The van der Waals surface area contributed by atoms with Crippen LogP contribution in [0.2, 0.25) is 0 Å². The number of pyridine rings is 1. The molecule has 1 aromatic heterocycles. The number of ether oxygens (including phenoxy) is 1. The van der Waals surface area contributed by atoms with Crippen molar-refractivity contribution in [2.24, 2.45) is 0 Å². The summed E-state index contributed by atoms with van der Waals surface area (Å²) in [6, 6.07) is 6.26. The van der Waals surface area contributed by atoms with Gasteiger partial charge in [-0.3, -0.25) is 4.98 Å². The molecule has 2 heterocycles. The van der Waals surface area contributed by atoms with Crippen LogP contribution in [0.4, 0.5) is 4.79 Å². The molecule has 1 aliphatic rings. The maximum atomic E-state index is 12.3. The van der Waals surface area contributed by atoms with Gasteiger partial charge in [-0.05, 0) is 52.2 Å². The zero-order chi connectivity index (χ0) is 16.0. The van der Waals surface area contributed by atoms with Crippen LogP contribution >= 0.6 is 11.8 Å². The van der Waals surface area contributed by atoms with Gasteiger partial charge in [0.1, 0.15) is 5.60 Å². The number of hydrogen-bond acceptors (Lipinski definition) is 4. The normalized spacial score (nSPS) is 19.0. The molecule has 1 atom stereocenters. The highest BCUT2D eigenvalue weighted by atomic mass is 32.2. The van der Waals surface area contributed by atoms with Crippen molar-refractivity contribution in [3.05, 3.63) is 30.1 Å². The van der Waals surface area contributed by atoms with Gasteiger partial charge in [-0.2, -0.15) is 11.8 Å². The van der Waals surface area contributed by atoms with E-state index >= 15 is 0 Å². The number of amides is 1. The van der Waals surface area contributed by atoms with Crippen molar-refractivity contribution in [2.75, 3.05) is 12.3 Å². The third kappa shape index (κ3) is 5.52. The number of aromatic nitrogens is 1. The van der Waals surface area contributed by atoms with Gasteiger partial charge in [0, 0.05) is 30.3 Å². The van der Waals surface area contributed by atoms with E-state index in [0.29, 0.717) is 0 Å². The predicted molar refractivity (Wildman–Crippen MR) is 91.0 cm³/mol. The molecule has 0 aromatic carbocycles. The van der Waals surface area contributed by atoms with Crippen LogP contribution in [-0.2, 0) is 10.5 Å². The molecule has 0 aliphatic carbocycles. The van der Waals surface area contributed by atoms with Crippen LogP contribution < -0.4 is 0 Å². The van der Waals surface area contributed by atoms with Gasteiger partial charge in [0.25, 0.3) is 0 Å². The van der Waals surface area contributed by atoms with Gasteiger partial charge >= 0.3 is 6.09 Å². The lowest BCUT2D eigenvalue weighted by atomic mass is 10.0. The van der Waals surface area contributed by atoms with Gasteiger partial charge in [-0.1, -0.05) is 6.07 Å². The second-order valence-electron chi connectivity index (χ2n) is 6.66. The second kappa shape index (κ2) is 7.86. The first kappa shape index (κ1) is 17.1. The van der Waals surface area contributed by atoms with E-state index in [1.54, 1.807) is 0 Å². The Hall–Kier alpha value is -1.23. The molecule has 5 heteroatoms. The fourth-order valence-corrected chi connectivity index (χ4v) is 3.63. The molecule has 122 valence electrons. The van der Waals surface area contributed by atoms with Gasteiger partial charge in [-0.25, -0.2) is 4.79 Å². The molecular weight excluding hydrogens is 296 g/mol. The van der Waals surface area contributed by atoms with Crippen molar-refractivity contribution in [2.45, 2.75) is 57.4 Å². The molecule has 1 fully saturated rings. The smallest absolute Gasteiger partial charge is 0.410 e. The summed E-state index contributed by atoms with van der Waals surface area (Å²) in [5.41, 5.74) is 0.660. The number of piperidine rings is 1. The third-order valence-electron chi connectivity index (χ3n) is 3.54. The lowest BCUT2D eigenvalue weighted by molar-refractivity contribution is 0.0126. The molecule has 1 aliphatic heterocycles. The van der Waals surface area contributed by atoms with E-state index in [-0.39, 0.29) is 12.1 Å². The Morgan fingerprint density at radius 3 is 2.91 bits per heavy atom. The number of carbonyl (C=O) groups is 1. The Bertz CT molecular complexity index is 473. The lowest BCUT2D eigenvalue weighted by Gasteiger charge is -2.36. The molecular formula is C17H26N2O2S. The van der Waals surface area contributed by atoms with Crippen molar-refractivity contribution >= 4 is 17.9 Å². The van der Waals surface area contributed by atoms with Crippen molar-refractivity contribution in [1.82, 2.24) is 9.88 Å². The fourth-order valence-electron chi connectivity index (χ4n) is 2.52. The standard InChI is InChI=1S/C17H26N2O2S/c1-17(2,3)21-16(20)19-11-7-5-9-15(19)13-22-12-14-8-4-6-10-18-14/h4,6,8,10,15H,5,7,9,11-13H2,1-3H3. The first-order valence-corrected chi connectivity index (χ1v) is 9.08. The summed E-state index contributed by atoms with van der Waals surface area (Å²) >= 11 is 1.84. The second-order valence-corrected chi connectivity index (χ2v) is 7.69. The van der Waals surface area contributed by atoms with Gasteiger partial charge < -0.3 is 9.64 Å². The number of hydrogen-bond donors (Lipinski definition) is 0. The van der Waals surface area contributed by atoms with Crippen LogP contribution in [0.15, 0.2) is 24.4 Å². The summed E-state index contributed by atoms with van der Waals surface area (Å²) in [6.07, 6.45) is 4.97. The van der Waals surface area contributed by atoms with Crippen molar-refractivity contribution in [3.8, 4) is 0 Å². The molecule has 1 amide bonds. The molecule has 0 spiro atoms. The first-order chi connectivity index (χ1) is 10.5. The summed E-state index contributed by atoms with van der Waals surface area (Å²) in [6.45, 7) is 6.56. The summed E-state index contributed by atoms with van der Waals surface area (Å²) in [5, 5.41) is 0. The minimum atomic E-state index is -0.430. The quantitative estimate of drug-likeness (QED) is 0.837. The zero-order valence-corrected chi connectivity index (χ0v) is 14.6. The van der Waals surface area contributed by atoms with Crippen LogP contribution in [0.3, 0.4) is 0 Å². The molecule has 0 saturated carbocycles. The van der Waals surface area contributed by atoms with E-state index in [4.69, 9.17) is 4.74 Å². The van der Waals surface area contributed by atoms with Gasteiger partial charge in [0.05, 0.1) is 5.69 Å². The Morgan fingerprint density at radius 2 is 2.23 bits per heavy atom. The molecule has 22 heavy (non-hydrogen) atoms. The molecule has 1 aromatic rings. The highest BCUT2D eigenvalue weighted by Gasteiger charge is 2.30. The minimum Gasteiger partial charge on any atom is -0.444 e. The molecule has 0 N–H and O–H groups in total. The number of rotatable bonds is 4. The SMILES string of the molecule is CC(C)(C)OC(=O)N1CCCCC1CSCc1ccccn1. The highest BCUT2D eigenvalue weighted by Crippen LogP contribution is 2.24. The first-order valence-electron chi connectivity index (χ1n) is 7.93. The van der Waals surface area contributed by atoms with Crippen LogP contribution in [0, 0.1) is 0 Å². The van der Waals surface area contributed by atoms with E-state index in [0.717, 1.165) is 36.6 Å². The lowest BCUT2D eigenvalue weighted by Crippen LogP contribution is -2.47. The van der Waals surface area contributed by atoms with Crippen molar-refractivity contribution in [3.63, 3.8) is 0 Å².